The van der Waals surface area contributed by atoms with Crippen LogP contribution >= 0.6 is 10.9 Å². The Balaban J connectivity index is 2.35. The lowest BCUT2D eigenvalue weighted by Gasteiger charge is -2.21. The highest BCUT2D eigenvalue weighted by Gasteiger charge is 2.22. The third-order valence-electron chi connectivity index (χ3n) is 3.00. The second kappa shape index (κ2) is 5.45. The van der Waals surface area contributed by atoms with Gasteiger partial charge >= 0.3 is 0 Å². The van der Waals surface area contributed by atoms with Crippen LogP contribution in [0.15, 0.2) is 28.1 Å². The van der Waals surface area contributed by atoms with Crippen LogP contribution in [-0.4, -0.2) is 17.3 Å². The lowest BCUT2D eigenvalue weighted by atomic mass is 10.1. The monoisotopic (exact) mass is 261 g/mol. The molecule has 1 heterocycles. The van der Waals surface area contributed by atoms with Crippen LogP contribution < -0.4 is 5.73 Å². The largest absolute Gasteiger partial charge is 0.398 e. The molecular weight excluding hydrogens is 242 g/mol. The van der Waals surface area contributed by atoms with E-state index in [4.69, 9.17) is 5.73 Å². The summed E-state index contributed by atoms with van der Waals surface area (Å²) in [7, 11) is -0.431. The first-order chi connectivity index (χ1) is 8.63. The number of aliphatic imine (C=N–C) groups is 1. The van der Waals surface area contributed by atoms with Crippen LogP contribution in [0.4, 0.5) is 5.69 Å². The Bertz CT molecular complexity index is 514. The zero-order valence-corrected chi connectivity index (χ0v) is 11.7. The van der Waals surface area contributed by atoms with Crippen molar-refractivity contribution in [1.29, 1.82) is 5.26 Å². The molecule has 2 rings (SSSR count). The molecule has 4 heteroatoms. The summed E-state index contributed by atoms with van der Waals surface area (Å²) >= 11 is 0. The van der Waals surface area contributed by atoms with Crippen molar-refractivity contribution in [2.24, 2.45) is 10.9 Å². The van der Waals surface area contributed by atoms with Gasteiger partial charge in [-0.2, -0.15) is 16.2 Å². The third kappa shape index (κ3) is 2.51. The van der Waals surface area contributed by atoms with Crippen molar-refractivity contribution in [3.63, 3.8) is 0 Å². The van der Waals surface area contributed by atoms with Gasteiger partial charge in [-0.1, -0.05) is 19.9 Å². The molecule has 0 spiro atoms. The number of hydrogen-bond donors (Lipinski definition) is 2. The standard InChI is InChI=1S/C14H19N3S/c1-10(2)8-14-17-6-7-18(14)13-5-3-4-12(16)11(13)9-15/h3-5,10,18H,6-8,16H2,1-2H3. The molecule has 0 saturated heterocycles. The summed E-state index contributed by atoms with van der Waals surface area (Å²) in [6, 6.07) is 8.04. The quantitative estimate of drug-likeness (QED) is 0.649. The SMILES string of the molecule is CC(C)CC1=NCC[SH]1c1cccc(N)c1C#N. The van der Waals surface area contributed by atoms with Gasteiger partial charge in [-0.05, 0) is 24.5 Å². The predicted octanol–water partition coefficient (Wildman–Crippen LogP) is 2.96. The number of thiol groups is 1. The van der Waals surface area contributed by atoms with E-state index < -0.39 is 10.9 Å². The summed E-state index contributed by atoms with van der Waals surface area (Å²) in [5, 5.41) is 10.6. The molecule has 0 fully saturated rings. The average molecular weight is 261 g/mol. The van der Waals surface area contributed by atoms with E-state index in [2.05, 4.69) is 24.9 Å². The molecule has 1 aliphatic rings. The van der Waals surface area contributed by atoms with Crippen molar-refractivity contribution in [2.45, 2.75) is 25.2 Å². The highest BCUT2D eigenvalue weighted by Crippen LogP contribution is 2.45. The molecule has 2 N–H and O–H groups in total. The normalized spacial score (nSPS) is 20.8. The molecule has 1 aromatic rings. The van der Waals surface area contributed by atoms with Crippen molar-refractivity contribution in [3.05, 3.63) is 23.8 Å². The Labute approximate surface area is 111 Å². The number of anilines is 1. The Kier molecular flexibility index (Phi) is 3.93. The summed E-state index contributed by atoms with van der Waals surface area (Å²) in [4.78, 5) is 5.75. The van der Waals surface area contributed by atoms with Crippen LogP contribution in [0.3, 0.4) is 0 Å². The number of rotatable bonds is 3. The molecular formula is C14H19N3S. The maximum atomic E-state index is 9.27. The number of nitrogen functional groups attached to an aromatic ring is 1. The Hall–Kier alpha value is -1.47. The summed E-state index contributed by atoms with van der Waals surface area (Å²) in [5.41, 5.74) is 7.14. The second-order valence-electron chi connectivity index (χ2n) is 4.90. The van der Waals surface area contributed by atoms with Crippen molar-refractivity contribution in [2.75, 3.05) is 18.0 Å². The van der Waals surface area contributed by atoms with Gasteiger partial charge in [0.15, 0.2) is 0 Å². The molecule has 18 heavy (non-hydrogen) atoms. The molecule has 3 nitrogen and oxygen atoms in total. The molecule has 1 atom stereocenters. The Morgan fingerprint density at radius 2 is 2.28 bits per heavy atom. The van der Waals surface area contributed by atoms with Crippen molar-refractivity contribution in [3.8, 4) is 6.07 Å². The van der Waals surface area contributed by atoms with Crippen LogP contribution in [0, 0.1) is 17.2 Å². The van der Waals surface area contributed by atoms with Gasteiger partial charge in [0.25, 0.3) is 0 Å². The summed E-state index contributed by atoms with van der Waals surface area (Å²) in [5.74, 6) is 1.67. The highest BCUT2D eigenvalue weighted by atomic mass is 32.2. The van der Waals surface area contributed by atoms with Crippen LogP contribution in [0.5, 0.6) is 0 Å². The minimum absolute atomic E-state index is 0.431. The van der Waals surface area contributed by atoms with Crippen molar-refractivity contribution < 1.29 is 0 Å². The molecule has 0 amide bonds. The average Bonchev–Trinajstić information content (AvgIpc) is 2.75. The maximum Gasteiger partial charge on any atom is 0.102 e. The minimum Gasteiger partial charge on any atom is -0.398 e. The Morgan fingerprint density at radius 3 is 2.94 bits per heavy atom. The number of hydrogen-bond acceptors (Lipinski definition) is 3. The molecule has 1 aliphatic heterocycles. The zero-order chi connectivity index (χ0) is 13.1. The number of nitrogens with zero attached hydrogens (tertiary/aromatic N) is 2. The molecule has 0 aromatic heterocycles. The first kappa shape index (κ1) is 13.0. The smallest absolute Gasteiger partial charge is 0.102 e. The van der Waals surface area contributed by atoms with Crippen LogP contribution in [0.1, 0.15) is 25.8 Å². The highest BCUT2D eigenvalue weighted by molar-refractivity contribution is 8.30. The van der Waals surface area contributed by atoms with Crippen molar-refractivity contribution in [1.82, 2.24) is 0 Å². The zero-order valence-electron chi connectivity index (χ0n) is 10.8. The van der Waals surface area contributed by atoms with Gasteiger partial charge in [0.1, 0.15) is 6.07 Å². The van der Waals surface area contributed by atoms with E-state index in [-0.39, 0.29) is 0 Å². The lowest BCUT2D eigenvalue weighted by molar-refractivity contribution is 0.688. The molecule has 0 saturated carbocycles. The molecule has 1 unspecified atom stereocenters. The number of nitriles is 1. The van der Waals surface area contributed by atoms with Gasteiger partial charge in [-0.25, -0.2) is 0 Å². The van der Waals surface area contributed by atoms with Crippen molar-refractivity contribution >= 4 is 21.6 Å². The maximum absolute atomic E-state index is 9.27. The molecule has 0 radical (unpaired) electrons. The number of nitrogens with two attached hydrogens (primary N) is 1. The summed E-state index contributed by atoms with van der Waals surface area (Å²) < 4.78 is 0. The fraction of sp³-hybridized carbons (Fsp3) is 0.429. The lowest BCUT2D eigenvalue weighted by Crippen LogP contribution is -2.04. The minimum atomic E-state index is -0.431. The summed E-state index contributed by atoms with van der Waals surface area (Å²) in [6.07, 6.45) is 1.03. The fourth-order valence-corrected chi connectivity index (χ4v) is 4.85. The second-order valence-corrected chi connectivity index (χ2v) is 7.20. The molecule has 0 aliphatic carbocycles. The van der Waals surface area contributed by atoms with E-state index in [1.807, 2.05) is 12.1 Å². The van der Waals surface area contributed by atoms with Gasteiger partial charge in [0, 0.05) is 17.2 Å². The first-order valence-corrected chi connectivity index (χ1v) is 7.75. The van der Waals surface area contributed by atoms with E-state index in [0.29, 0.717) is 17.2 Å². The van der Waals surface area contributed by atoms with E-state index in [1.165, 1.54) is 5.04 Å². The van der Waals surface area contributed by atoms with E-state index in [9.17, 15) is 5.26 Å². The molecule has 96 valence electrons. The number of benzene rings is 1. The van der Waals surface area contributed by atoms with E-state index in [0.717, 1.165) is 23.6 Å². The summed E-state index contributed by atoms with van der Waals surface area (Å²) in [6.45, 7) is 5.31. The van der Waals surface area contributed by atoms with Gasteiger partial charge in [-0.3, -0.25) is 4.99 Å². The van der Waals surface area contributed by atoms with E-state index in [1.54, 1.807) is 6.07 Å². The topological polar surface area (TPSA) is 62.2 Å². The first-order valence-electron chi connectivity index (χ1n) is 6.23. The fourth-order valence-electron chi connectivity index (χ4n) is 2.20. The van der Waals surface area contributed by atoms with Crippen LogP contribution in [0.25, 0.3) is 0 Å². The van der Waals surface area contributed by atoms with Gasteiger partial charge in [0.05, 0.1) is 16.3 Å². The Morgan fingerprint density at radius 1 is 1.50 bits per heavy atom. The van der Waals surface area contributed by atoms with Crippen LogP contribution in [0.2, 0.25) is 0 Å². The molecule has 0 bridgehead atoms. The third-order valence-corrected chi connectivity index (χ3v) is 5.55. The molecule has 1 aromatic carbocycles. The van der Waals surface area contributed by atoms with Gasteiger partial charge in [0.2, 0.25) is 0 Å². The van der Waals surface area contributed by atoms with Gasteiger partial charge < -0.3 is 5.73 Å². The predicted molar refractivity (Wildman–Crippen MR) is 79.4 cm³/mol. The van der Waals surface area contributed by atoms with Crippen LogP contribution in [-0.2, 0) is 0 Å². The van der Waals surface area contributed by atoms with E-state index >= 15 is 0 Å². The van der Waals surface area contributed by atoms with Gasteiger partial charge in [-0.15, -0.1) is 0 Å².